The van der Waals surface area contributed by atoms with Gasteiger partial charge in [-0.3, -0.25) is 4.90 Å². The second-order valence-corrected chi connectivity index (χ2v) is 4.57. The number of phenolic OH excluding ortho intramolecular Hbond substituents is 1. The molecule has 0 saturated carbocycles. The highest BCUT2D eigenvalue weighted by atomic mass is 16.3. The van der Waals surface area contributed by atoms with Crippen LogP contribution in [-0.4, -0.2) is 34.8 Å². The van der Waals surface area contributed by atoms with Gasteiger partial charge in [-0.15, -0.1) is 0 Å². The number of rotatable bonds is 3. The van der Waals surface area contributed by atoms with Gasteiger partial charge in [-0.25, -0.2) is 0 Å². The van der Waals surface area contributed by atoms with Crippen LogP contribution in [0.15, 0.2) is 24.3 Å². The van der Waals surface area contributed by atoms with E-state index in [0.717, 1.165) is 32.5 Å². The maximum absolute atomic E-state index is 9.19. The minimum Gasteiger partial charge on any atom is -0.508 e. The Hall–Kier alpha value is -1.06. The van der Waals surface area contributed by atoms with Crippen LogP contribution in [0.5, 0.6) is 5.75 Å². The first-order valence-electron chi connectivity index (χ1n) is 5.89. The predicted octanol–water partition coefficient (Wildman–Crippen LogP) is 1.60. The molecule has 1 saturated heterocycles. The van der Waals surface area contributed by atoms with Crippen LogP contribution in [0.4, 0.5) is 0 Å². The van der Waals surface area contributed by atoms with Crippen molar-refractivity contribution in [2.75, 3.05) is 19.7 Å². The third-order valence-electron chi connectivity index (χ3n) is 3.31. The minimum atomic E-state index is 0.322. The van der Waals surface area contributed by atoms with Crippen molar-refractivity contribution in [3.63, 3.8) is 0 Å². The van der Waals surface area contributed by atoms with Gasteiger partial charge in [0, 0.05) is 13.2 Å². The summed E-state index contributed by atoms with van der Waals surface area (Å²) >= 11 is 0. The Balaban J connectivity index is 1.84. The highest BCUT2D eigenvalue weighted by Crippen LogP contribution is 2.19. The van der Waals surface area contributed by atoms with Crippen LogP contribution in [0.3, 0.4) is 0 Å². The summed E-state index contributed by atoms with van der Waals surface area (Å²) in [5.41, 5.74) is 1.24. The molecule has 1 aromatic carbocycles. The number of hydrogen-bond donors (Lipinski definition) is 2. The molecule has 1 aliphatic heterocycles. The number of aliphatic hydroxyl groups is 1. The van der Waals surface area contributed by atoms with Crippen molar-refractivity contribution in [1.82, 2.24) is 4.90 Å². The van der Waals surface area contributed by atoms with E-state index in [-0.39, 0.29) is 0 Å². The molecule has 0 amide bonds. The first-order chi connectivity index (χ1) is 7.78. The molecule has 16 heavy (non-hydrogen) atoms. The van der Waals surface area contributed by atoms with E-state index < -0.39 is 0 Å². The highest BCUT2D eigenvalue weighted by molar-refractivity contribution is 5.25. The number of nitrogens with zero attached hydrogens (tertiary/aromatic N) is 1. The molecule has 0 bridgehead atoms. The number of benzene rings is 1. The van der Waals surface area contributed by atoms with Crippen molar-refractivity contribution in [2.24, 2.45) is 5.92 Å². The number of piperidine rings is 1. The first kappa shape index (κ1) is 11.4. The molecule has 1 aliphatic rings. The number of likely N-dealkylation sites (tertiary alicyclic amines) is 1. The fraction of sp³-hybridized carbons (Fsp3) is 0.538. The number of phenols is 1. The Morgan fingerprint density at radius 3 is 2.31 bits per heavy atom. The summed E-state index contributed by atoms with van der Waals surface area (Å²) < 4.78 is 0. The summed E-state index contributed by atoms with van der Waals surface area (Å²) in [5, 5.41) is 18.2. The zero-order chi connectivity index (χ0) is 11.4. The third-order valence-corrected chi connectivity index (χ3v) is 3.31. The Morgan fingerprint density at radius 1 is 1.12 bits per heavy atom. The molecule has 1 aromatic rings. The molecular weight excluding hydrogens is 202 g/mol. The number of aliphatic hydroxyl groups excluding tert-OH is 1. The highest BCUT2D eigenvalue weighted by Gasteiger charge is 2.18. The quantitative estimate of drug-likeness (QED) is 0.814. The Labute approximate surface area is 96.3 Å². The van der Waals surface area contributed by atoms with Gasteiger partial charge in [0.05, 0.1) is 0 Å². The standard InChI is InChI=1S/C13H19NO2/c15-10-12-5-7-14(8-6-12)9-11-1-3-13(16)4-2-11/h1-4,12,15-16H,5-10H2. The van der Waals surface area contributed by atoms with E-state index >= 15 is 0 Å². The predicted molar refractivity (Wildman–Crippen MR) is 63.2 cm³/mol. The molecule has 0 unspecified atom stereocenters. The smallest absolute Gasteiger partial charge is 0.115 e. The van der Waals surface area contributed by atoms with Crippen molar-refractivity contribution < 1.29 is 10.2 Å². The lowest BCUT2D eigenvalue weighted by Crippen LogP contribution is -2.34. The Morgan fingerprint density at radius 2 is 1.75 bits per heavy atom. The summed E-state index contributed by atoms with van der Waals surface area (Å²) in [5.74, 6) is 0.818. The van der Waals surface area contributed by atoms with Gasteiger partial charge >= 0.3 is 0 Å². The fourth-order valence-electron chi connectivity index (χ4n) is 2.19. The summed E-state index contributed by atoms with van der Waals surface area (Å²) in [6, 6.07) is 7.40. The van der Waals surface area contributed by atoms with Crippen LogP contribution in [-0.2, 0) is 6.54 Å². The topological polar surface area (TPSA) is 43.7 Å². The number of aromatic hydroxyl groups is 1. The third kappa shape index (κ3) is 2.97. The molecule has 0 aliphatic carbocycles. The second-order valence-electron chi connectivity index (χ2n) is 4.57. The van der Waals surface area contributed by atoms with E-state index in [9.17, 15) is 5.11 Å². The van der Waals surface area contributed by atoms with Crippen molar-refractivity contribution in [2.45, 2.75) is 19.4 Å². The molecule has 1 heterocycles. The van der Waals surface area contributed by atoms with Gasteiger partial charge in [0.25, 0.3) is 0 Å². The van der Waals surface area contributed by atoms with Crippen molar-refractivity contribution in [3.8, 4) is 5.75 Å². The molecule has 0 aromatic heterocycles. The van der Waals surface area contributed by atoms with Gasteiger partial charge in [-0.1, -0.05) is 12.1 Å². The SMILES string of the molecule is OCC1CCN(Cc2ccc(O)cc2)CC1. The van der Waals surface area contributed by atoms with Gasteiger partial charge in [0.2, 0.25) is 0 Å². The van der Waals surface area contributed by atoms with Gasteiger partial charge in [0.15, 0.2) is 0 Å². The maximum atomic E-state index is 9.19. The summed E-state index contributed by atoms with van der Waals surface area (Å²) in [6.07, 6.45) is 2.18. The molecule has 2 rings (SSSR count). The largest absolute Gasteiger partial charge is 0.508 e. The summed E-state index contributed by atoms with van der Waals surface area (Å²) in [7, 11) is 0. The van der Waals surface area contributed by atoms with Gasteiger partial charge in [0.1, 0.15) is 5.75 Å². The molecular formula is C13H19NO2. The van der Waals surface area contributed by atoms with Gasteiger partial charge < -0.3 is 10.2 Å². The molecule has 3 nitrogen and oxygen atoms in total. The van der Waals surface area contributed by atoms with Crippen LogP contribution in [0.25, 0.3) is 0 Å². The average molecular weight is 221 g/mol. The van der Waals surface area contributed by atoms with Crippen LogP contribution in [0.1, 0.15) is 18.4 Å². The lowest BCUT2D eigenvalue weighted by atomic mass is 9.97. The van der Waals surface area contributed by atoms with E-state index in [0.29, 0.717) is 18.3 Å². The van der Waals surface area contributed by atoms with E-state index in [4.69, 9.17) is 5.11 Å². The maximum Gasteiger partial charge on any atom is 0.115 e. The summed E-state index contributed by atoms with van der Waals surface area (Å²) in [6.45, 7) is 3.39. The van der Waals surface area contributed by atoms with Crippen LogP contribution < -0.4 is 0 Å². The lowest BCUT2D eigenvalue weighted by Gasteiger charge is -2.31. The van der Waals surface area contributed by atoms with Crippen LogP contribution >= 0.6 is 0 Å². The zero-order valence-corrected chi connectivity index (χ0v) is 9.47. The van der Waals surface area contributed by atoms with Crippen molar-refractivity contribution >= 4 is 0 Å². The Kier molecular flexibility index (Phi) is 3.80. The van der Waals surface area contributed by atoms with Crippen LogP contribution in [0.2, 0.25) is 0 Å². The van der Waals surface area contributed by atoms with E-state index in [2.05, 4.69) is 4.90 Å². The summed E-state index contributed by atoms with van der Waals surface area (Å²) in [4.78, 5) is 2.40. The second kappa shape index (κ2) is 5.32. The molecule has 0 spiro atoms. The first-order valence-corrected chi connectivity index (χ1v) is 5.89. The van der Waals surface area contributed by atoms with Crippen molar-refractivity contribution in [3.05, 3.63) is 29.8 Å². The minimum absolute atomic E-state index is 0.322. The molecule has 3 heteroatoms. The van der Waals surface area contributed by atoms with Crippen LogP contribution in [0, 0.1) is 5.92 Å². The lowest BCUT2D eigenvalue weighted by molar-refractivity contribution is 0.127. The van der Waals surface area contributed by atoms with Crippen molar-refractivity contribution in [1.29, 1.82) is 0 Å². The molecule has 0 atom stereocenters. The molecule has 2 N–H and O–H groups in total. The zero-order valence-electron chi connectivity index (χ0n) is 9.47. The van der Waals surface area contributed by atoms with E-state index in [1.165, 1.54) is 5.56 Å². The normalized spacial score (nSPS) is 18.8. The monoisotopic (exact) mass is 221 g/mol. The van der Waals surface area contributed by atoms with E-state index in [1.807, 2.05) is 12.1 Å². The molecule has 88 valence electrons. The molecule has 0 radical (unpaired) electrons. The average Bonchev–Trinajstić information content (AvgIpc) is 2.33. The number of hydrogen-bond acceptors (Lipinski definition) is 3. The molecule has 1 fully saturated rings. The van der Waals surface area contributed by atoms with E-state index in [1.54, 1.807) is 12.1 Å². The Bertz CT molecular complexity index is 315. The fourth-order valence-corrected chi connectivity index (χ4v) is 2.19. The van der Waals surface area contributed by atoms with Gasteiger partial charge in [-0.05, 0) is 49.5 Å². The van der Waals surface area contributed by atoms with Gasteiger partial charge in [-0.2, -0.15) is 0 Å².